The molecule has 4 aromatic rings. The lowest BCUT2D eigenvalue weighted by Crippen LogP contribution is -2.14. The number of nitrogens with zero attached hydrogens (tertiary/aromatic N) is 1. The number of aromatic hydroxyl groups is 1. The van der Waals surface area contributed by atoms with Crippen LogP contribution in [0.1, 0.15) is 11.3 Å². The SMILES string of the molecule is COc1cc(F)c2cc1NS(=O)(=O)c1cc3c(noc3c(Cl)c1O)CCc1cc(F)ccc1-2. The van der Waals surface area contributed by atoms with E-state index in [1.165, 1.54) is 37.4 Å². The van der Waals surface area contributed by atoms with Crippen LogP contribution in [0, 0.1) is 11.6 Å². The number of anilines is 1. The molecule has 0 amide bonds. The normalized spacial score (nSPS) is 14.7. The second-order valence-electron chi connectivity index (χ2n) is 7.48. The van der Waals surface area contributed by atoms with Crippen molar-refractivity contribution in [2.24, 2.45) is 0 Å². The van der Waals surface area contributed by atoms with Crippen molar-refractivity contribution in [3.8, 4) is 22.6 Å². The average molecular weight is 493 g/mol. The lowest BCUT2D eigenvalue weighted by molar-refractivity contribution is 0.413. The molecule has 7 nitrogen and oxygen atoms in total. The summed E-state index contributed by atoms with van der Waals surface area (Å²) in [5.41, 5.74) is 1.19. The van der Waals surface area contributed by atoms with E-state index in [2.05, 4.69) is 9.88 Å². The number of sulfonamides is 1. The van der Waals surface area contributed by atoms with Gasteiger partial charge < -0.3 is 14.4 Å². The summed E-state index contributed by atoms with van der Waals surface area (Å²) in [4.78, 5) is -0.514. The van der Waals surface area contributed by atoms with E-state index in [1.54, 1.807) is 0 Å². The Kier molecular flexibility index (Phi) is 4.95. The van der Waals surface area contributed by atoms with Gasteiger partial charge in [-0.3, -0.25) is 4.72 Å². The number of halogens is 3. The fourth-order valence-corrected chi connectivity index (χ4v) is 5.42. The first kappa shape index (κ1) is 21.5. The van der Waals surface area contributed by atoms with Gasteiger partial charge in [0.2, 0.25) is 0 Å². The van der Waals surface area contributed by atoms with Crippen LogP contribution in [-0.2, 0) is 22.9 Å². The number of hydrogen-bond acceptors (Lipinski definition) is 6. The molecule has 2 N–H and O–H groups in total. The molecule has 0 spiro atoms. The fourth-order valence-electron chi connectivity index (χ4n) is 3.93. The largest absolute Gasteiger partial charge is 0.505 e. The Morgan fingerprint density at radius 1 is 1.15 bits per heavy atom. The van der Waals surface area contributed by atoms with Gasteiger partial charge in [-0.05, 0) is 48.2 Å². The smallest absolute Gasteiger partial charge is 0.265 e. The van der Waals surface area contributed by atoms with E-state index >= 15 is 4.39 Å². The molecule has 2 heterocycles. The van der Waals surface area contributed by atoms with Gasteiger partial charge in [0, 0.05) is 17.0 Å². The summed E-state index contributed by atoms with van der Waals surface area (Å²) in [6.45, 7) is 0. The van der Waals surface area contributed by atoms with E-state index in [0.29, 0.717) is 16.8 Å². The Morgan fingerprint density at radius 2 is 1.94 bits per heavy atom. The molecule has 5 rings (SSSR count). The number of ether oxygens (including phenoxy) is 1. The number of aromatic nitrogens is 1. The van der Waals surface area contributed by atoms with Crippen LogP contribution in [0.25, 0.3) is 22.1 Å². The Hall–Kier alpha value is -3.37. The number of hydrogen-bond donors (Lipinski definition) is 2. The molecule has 0 atom stereocenters. The van der Waals surface area contributed by atoms with Crippen molar-refractivity contribution in [3.05, 3.63) is 64.3 Å². The van der Waals surface area contributed by atoms with Gasteiger partial charge in [0.1, 0.15) is 27.3 Å². The molecule has 11 heteroatoms. The molecule has 1 aromatic heterocycles. The molecular formula is C22H15ClF2N2O5S. The van der Waals surface area contributed by atoms with E-state index in [0.717, 1.165) is 6.07 Å². The topological polar surface area (TPSA) is 102 Å². The summed E-state index contributed by atoms with van der Waals surface area (Å²) < 4.78 is 68.2. The van der Waals surface area contributed by atoms with Crippen molar-refractivity contribution in [3.63, 3.8) is 0 Å². The zero-order chi connectivity index (χ0) is 23.5. The van der Waals surface area contributed by atoms with Crippen molar-refractivity contribution < 1.29 is 31.6 Å². The van der Waals surface area contributed by atoms with Gasteiger partial charge in [-0.15, -0.1) is 0 Å². The molecular weight excluding hydrogens is 478 g/mol. The van der Waals surface area contributed by atoms with Crippen LogP contribution in [0.2, 0.25) is 5.02 Å². The fraction of sp³-hybridized carbons (Fsp3) is 0.136. The maximum absolute atomic E-state index is 15.0. The molecule has 0 unspecified atom stereocenters. The quantitative estimate of drug-likeness (QED) is 0.386. The highest BCUT2D eigenvalue weighted by Crippen LogP contribution is 2.42. The van der Waals surface area contributed by atoms with Gasteiger partial charge in [-0.1, -0.05) is 22.8 Å². The molecule has 170 valence electrons. The summed E-state index contributed by atoms with van der Waals surface area (Å²) in [5.74, 6) is -2.00. The summed E-state index contributed by atoms with van der Waals surface area (Å²) in [7, 11) is -3.15. The molecule has 0 aliphatic carbocycles. The van der Waals surface area contributed by atoms with Crippen LogP contribution in [-0.4, -0.2) is 25.8 Å². The molecule has 0 radical (unpaired) electrons. The highest BCUT2D eigenvalue weighted by Gasteiger charge is 2.28. The zero-order valence-electron chi connectivity index (χ0n) is 16.9. The van der Waals surface area contributed by atoms with Crippen LogP contribution < -0.4 is 9.46 Å². The van der Waals surface area contributed by atoms with E-state index in [-0.39, 0.29) is 45.8 Å². The van der Waals surface area contributed by atoms with Gasteiger partial charge in [0.05, 0.1) is 18.5 Å². The van der Waals surface area contributed by atoms with Crippen LogP contribution in [0.15, 0.2) is 45.8 Å². The third-order valence-corrected chi connectivity index (χ3v) is 7.26. The first-order chi connectivity index (χ1) is 15.7. The van der Waals surface area contributed by atoms with Crippen LogP contribution in [0.4, 0.5) is 14.5 Å². The number of benzene rings is 3. The van der Waals surface area contributed by atoms with Gasteiger partial charge >= 0.3 is 0 Å². The van der Waals surface area contributed by atoms with Gasteiger partial charge in [0.25, 0.3) is 10.0 Å². The van der Waals surface area contributed by atoms with Crippen LogP contribution in [0.5, 0.6) is 11.5 Å². The third-order valence-electron chi connectivity index (χ3n) is 5.53. The molecule has 0 saturated carbocycles. The van der Waals surface area contributed by atoms with E-state index in [9.17, 15) is 17.9 Å². The van der Waals surface area contributed by atoms with Crippen LogP contribution in [0.3, 0.4) is 0 Å². The predicted molar refractivity (Wildman–Crippen MR) is 117 cm³/mol. The Balaban J connectivity index is 1.85. The highest BCUT2D eigenvalue weighted by atomic mass is 35.5. The number of methoxy groups -OCH3 is 1. The minimum Gasteiger partial charge on any atom is -0.505 e. The second-order valence-corrected chi connectivity index (χ2v) is 9.51. The van der Waals surface area contributed by atoms with Crippen LogP contribution >= 0.6 is 11.6 Å². The van der Waals surface area contributed by atoms with E-state index in [1.807, 2.05) is 0 Å². The predicted octanol–water partition coefficient (Wildman–Crippen LogP) is 5.04. The Bertz CT molecular complexity index is 1550. The van der Waals surface area contributed by atoms with Gasteiger partial charge in [-0.2, -0.15) is 0 Å². The zero-order valence-corrected chi connectivity index (χ0v) is 18.5. The maximum atomic E-state index is 15.0. The minimum absolute atomic E-state index is 0.0154. The molecule has 1 aliphatic rings. The van der Waals surface area contributed by atoms with E-state index in [4.69, 9.17) is 20.9 Å². The van der Waals surface area contributed by atoms with E-state index < -0.39 is 32.3 Å². The molecule has 0 saturated heterocycles. The number of phenolic OH excluding ortho intramolecular Hbond substituents is 1. The summed E-state index contributed by atoms with van der Waals surface area (Å²) in [5, 5.41) is 14.4. The Labute approximate surface area is 191 Å². The number of phenols is 1. The number of aryl methyl sites for hydroxylation is 2. The van der Waals surface area contributed by atoms with Crippen molar-refractivity contribution in [1.82, 2.24) is 5.16 Å². The number of fused-ring (bicyclic) bond motifs is 5. The summed E-state index contributed by atoms with van der Waals surface area (Å²) in [6.07, 6.45) is 0.450. The highest BCUT2D eigenvalue weighted by molar-refractivity contribution is 7.92. The van der Waals surface area contributed by atoms with Crippen molar-refractivity contribution in [2.45, 2.75) is 17.7 Å². The van der Waals surface area contributed by atoms with Crippen molar-refractivity contribution in [1.29, 1.82) is 0 Å². The summed E-state index contributed by atoms with van der Waals surface area (Å²) >= 11 is 6.18. The number of nitrogens with one attached hydrogen (secondary N) is 1. The first-order valence-electron chi connectivity index (χ1n) is 9.68. The van der Waals surface area contributed by atoms with Gasteiger partial charge in [0.15, 0.2) is 11.3 Å². The lowest BCUT2D eigenvalue weighted by atomic mass is 9.94. The second kappa shape index (κ2) is 7.60. The van der Waals surface area contributed by atoms with Crippen molar-refractivity contribution >= 4 is 38.3 Å². The molecule has 1 aliphatic heterocycles. The number of rotatable bonds is 1. The third kappa shape index (κ3) is 3.46. The molecule has 3 aromatic carbocycles. The monoisotopic (exact) mass is 492 g/mol. The minimum atomic E-state index is -4.41. The van der Waals surface area contributed by atoms with Crippen molar-refractivity contribution in [2.75, 3.05) is 11.8 Å². The Morgan fingerprint density at radius 3 is 2.70 bits per heavy atom. The van der Waals surface area contributed by atoms with Gasteiger partial charge in [-0.25, -0.2) is 17.2 Å². The molecule has 4 bridgehead atoms. The lowest BCUT2D eigenvalue weighted by Gasteiger charge is -2.16. The standard InChI is InChI=1S/C22H15ClF2N2O5S/c1-31-18-9-15(25)13-7-17(18)27-33(29,30)19-8-14-16(26-32-22(14)20(23)21(19)28)5-2-10-6-11(24)3-4-12(10)13/h3-4,6-9,27-28H,2,5H2,1H3. The average Bonchev–Trinajstić information content (AvgIpc) is 3.18. The molecule has 33 heavy (non-hydrogen) atoms. The maximum Gasteiger partial charge on any atom is 0.265 e. The molecule has 0 fully saturated rings. The first-order valence-corrected chi connectivity index (χ1v) is 11.5. The summed E-state index contributed by atoms with van der Waals surface area (Å²) in [6, 6.07) is 7.40.